The molecule has 0 radical (unpaired) electrons. The van der Waals surface area contributed by atoms with Crippen LogP contribution in [0.4, 0.5) is 0 Å². The van der Waals surface area contributed by atoms with E-state index in [-0.39, 0.29) is 23.3 Å². The number of aryl methyl sites for hydroxylation is 1. The van der Waals surface area contributed by atoms with Crippen LogP contribution in [0, 0.1) is 5.92 Å². The fraction of sp³-hybridized carbons (Fsp3) is 0.571. The van der Waals surface area contributed by atoms with E-state index < -0.39 is 0 Å². The molecule has 3 heteroatoms. The van der Waals surface area contributed by atoms with Gasteiger partial charge in [-0.3, -0.25) is 0 Å². The predicted octanol–water partition coefficient (Wildman–Crippen LogP) is 4.61. The minimum absolute atomic E-state index is 0.00824. The summed E-state index contributed by atoms with van der Waals surface area (Å²) in [7, 11) is 2.02. The second kappa shape index (κ2) is 8.36. The standard InChI is InChI=1S/C21H31NO2/c1-5-6-7-8-9-10-16-11-19(23)21(20(24)12-16)18-14-22(4)13-17(18)15(2)3/h11-12,14,17-18H,2,5-10,13H2,1,3-4H3,(H-,23,24)/p+1/t17-,18+/m0/s1. The van der Waals surface area contributed by atoms with E-state index in [0.29, 0.717) is 5.56 Å². The maximum Gasteiger partial charge on any atom is 0.149 e. The summed E-state index contributed by atoms with van der Waals surface area (Å²) in [6, 6.07) is 3.66. The van der Waals surface area contributed by atoms with Gasteiger partial charge >= 0.3 is 0 Å². The lowest BCUT2D eigenvalue weighted by molar-refractivity contribution is -0.488. The van der Waals surface area contributed by atoms with Crippen molar-refractivity contribution in [2.45, 2.75) is 58.3 Å². The number of phenols is 2. The van der Waals surface area contributed by atoms with E-state index in [1.165, 1.54) is 25.7 Å². The zero-order valence-electron chi connectivity index (χ0n) is 15.4. The van der Waals surface area contributed by atoms with Gasteiger partial charge in [0.2, 0.25) is 0 Å². The molecule has 24 heavy (non-hydrogen) atoms. The number of phenolic OH excluding ortho intramolecular Hbond substituents is 2. The van der Waals surface area contributed by atoms with E-state index in [9.17, 15) is 10.2 Å². The summed E-state index contributed by atoms with van der Waals surface area (Å²) in [5, 5.41) is 21.1. The third-order valence-electron chi connectivity index (χ3n) is 5.06. The Kier molecular flexibility index (Phi) is 6.47. The number of aromatic hydroxyl groups is 2. The van der Waals surface area contributed by atoms with Crippen LogP contribution in [0.3, 0.4) is 0 Å². The largest absolute Gasteiger partial charge is 0.507 e. The van der Waals surface area contributed by atoms with Crippen LogP contribution in [-0.2, 0) is 6.42 Å². The first-order valence-corrected chi connectivity index (χ1v) is 9.19. The lowest BCUT2D eigenvalue weighted by atomic mass is 9.83. The molecule has 1 heterocycles. The highest BCUT2D eigenvalue weighted by molar-refractivity contribution is 5.71. The molecule has 2 atom stereocenters. The minimum Gasteiger partial charge on any atom is -0.507 e. The lowest BCUT2D eigenvalue weighted by Gasteiger charge is -2.18. The van der Waals surface area contributed by atoms with Crippen LogP contribution >= 0.6 is 0 Å². The lowest BCUT2D eigenvalue weighted by Crippen LogP contribution is -2.14. The second-order valence-corrected chi connectivity index (χ2v) is 7.28. The Morgan fingerprint density at radius 1 is 1.17 bits per heavy atom. The van der Waals surface area contributed by atoms with Gasteiger partial charge in [-0.05, 0) is 37.5 Å². The van der Waals surface area contributed by atoms with E-state index in [1.54, 1.807) is 0 Å². The molecule has 2 rings (SSSR count). The summed E-state index contributed by atoms with van der Waals surface area (Å²) in [6.07, 6.45) is 9.08. The normalized spacial score (nSPS) is 20.2. The van der Waals surface area contributed by atoms with Crippen molar-refractivity contribution in [1.82, 2.24) is 0 Å². The molecule has 0 spiro atoms. The summed E-state index contributed by atoms with van der Waals surface area (Å²) in [5.74, 6) is 0.639. The first kappa shape index (κ1) is 18.6. The quantitative estimate of drug-likeness (QED) is 0.415. The van der Waals surface area contributed by atoms with Gasteiger partial charge in [-0.1, -0.05) is 44.8 Å². The highest BCUT2D eigenvalue weighted by atomic mass is 16.3. The number of hydrogen-bond acceptors (Lipinski definition) is 2. The molecule has 0 saturated carbocycles. The van der Waals surface area contributed by atoms with E-state index in [1.807, 2.05) is 26.1 Å². The summed E-state index contributed by atoms with van der Waals surface area (Å²) >= 11 is 0. The van der Waals surface area contributed by atoms with Crippen LogP contribution < -0.4 is 0 Å². The van der Waals surface area contributed by atoms with Crippen LogP contribution in [0.5, 0.6) is 11.5 Å². The highest BCUT2D eigenvalue weighted by Crippen LogP contribution is 2.42. The SMILES string of the molecule is C=C(C)[C@@H]1C[N+](C)=C[C@H]1c1c(O)cc(CCCCCCC)cc1O. The van der Waals surface area contributed by atoms with Crippen molar-refractivity contribution in [2.75, 3.05) is 13.6 Å². The predicted molar refractivity (Wildman–Crippen MR) is 100 cm³/mol. The Hall–Kier alpha value is -1.77. The average molecular weight is 330 g/mol. The molecule has 0 amide bonds. The summed E-state index contributed by atoms with van der Waals surface area (Å²) in [5.41, 5.74) is 2.74. The Morgan fingerprint density at radius 3 is 2.38 bits per heavy atom. The third kappa shape index (κ3) is 4.40. The van der Waals surface area contributed by atoms with Gasteiger partial charge in [0.05, 0.1) is 11.8 Å². The van der Waals surface area contributed by atoms with Crippen molar-refractivity contribution in [1.29, 1.82) is 0 Å². The molecule has 0 bridgehead atoms. The molecule has 1 aliphatic rings. The van der Waals surface area contributed by atoms with Gasteiger partial charge in [0, 0.05) is 5.56 Å². The molecule has 1 aromatic rings. The summed E-state index contributed by atoms with van der Waals surface area (Å²) in [4.78, 5) is 0. The van der Waals surface area contributed by atoms with E-state index in [0.717, 1.165) is 30.5 Å². The van der Waals surface area contributed by atoms with Crippen LogP contribution in [0.15, 0.2) is 24.3 Å². The Bertz CT molecular complexity index is 595. The molecular formula is C21H32NO2+. The molecule has 1 aromatic carbocycles. The summed E-state index contributed by atoms with van der Waals surface area (Å²) in [6.45, 7) is 9.18. The van der Waals surface area contributed by atoms with Gasteiger partial charge in [0.25, 0.3) is 0 Å². The zero-order valence-corrected chi connectivity index (χ0v) is 15.4. The monoisotopic (exact) mass is 330 g/mol. The molecule has 132 valence electrons. The van der Waals surface area contributed by atoms with Crippen LogP contribution in [-0.4, -0.2) is 34.6 Å². The third-order valence-corrected chi connectivity index (χ3v) is 5.06. The molecule has 0 aliphatic carbocycles. The van der Waals surface area contributed by atoms with Gasteiger partial charge in [-0.2, -0.15) is 0 Å². The van der Waals surface area contributed by atoms with Crippen molar-refractivity contribution >= 4 is 6.21 Å². The maximum atomic E-state index is 10.5. The highest BCUT2D eigenvalue weighted by Gasteiger charge is 2.37. The number of hydrogen-bond donors (Lipinski definition) is 2. The van der Waals surface area contributed by atoms with E-state index >= 15 is 0 Å². The average Bonchev–Trinajstić information content (AvgIpc) is 2.88. The number of rotatable bonds is 8. The van der Waals surface area contributed by atoms with E-state index in [4.69, 9.17) is 0 Å². The molecular weight excluding hydrogens is 298 g/mol. The zero-order chi connectivity index (χ0) is 17.7. The van der Waals surface area contributed by atoms with Gasteiger partial charge < -0.3 is 10.2 Å². The van der Waals surface area contributed by atoms with Crippen molar-refractivity contribution in [2.24, 2.45) is 5.92 Å². The van der Waals surface area contributed by atoms with Crippen molar-refractivity contribution < 1.29 is 14.8 Å². The second-order valence-electron chi connectivity index (χ2n) is 7.28. The molecule has 1 aliphatic heterocycles. The van der Waals surface area contributed by atoms with Crippen LogP contribution in [0.2, 0.25) is 0 Å². The number of unbranched alkanes of at least 4 members (excludes halogenated alkanes) is 4. The molecule has 0 aromatic heterocycles. The molecule has 0 saturated heterocycles. The fourth-order valence-corrected chi connectivity index (χ4v) is 3.70. The molecule has 2 N–H and O–H groups in total. The topological polar surface area (TPSA) is 43.5 Å². The molecule has 3 nitrogen and oxygen atoms in total. The smallest absolute Gasteiger partial charge is 0.149 e. The minimum atomic E-state index is -0.00824. The Balaban J connectivity index is 2.13. The van der Waals surface area contributed by atoms with Crippen molar-refractivity contribution in [3.63, 3.8) is 0 Å². The van der Waals surface area contributed by atoms with Crippen molar-refractivity contribution in [3.8, 4) is 11.5 Å². The van der Waals surface area contributed by atoms with E-state index in [2.05, 4.69) is 24.3 Å². The van der Waals surface area contributed by atoms with Crippen LogP contribution in [0.1, 0.15) is 63.0 Å². The first-order valence-electron chi connectivity index (χ1n) is 9.19. The Labute approximate surface area is 146 Å². The van der Waals surface area contributed by atoms with Gasteiger partial charge in [0.15, 0.2) is 0 Å². The van der Waals surface area contributed by atoms with Gasteiger partial charge in [-0.15, -0.1) is 0 Å². The van der Waals surface area contributed by atoms with Crippen LogP contribution in [0.25, 0.3) is 0 Å². The van der Waals surface area contributed by atoms with Gasteiger partial charge in [-0.25, -0.2) is 4.58 Å². The molecule has 0 fully saturated rings. The fourth-order valence-electron chi connectivity index (χ4n) is 3.70. The number of nitrogens with zero attached hydrogens (tertiary/aromatic N) is 1. The van der Waals surface area contributed by atoms with Crippen molar-refractivity contribution in [3.05, 3.63) is 35.4 Å². The van der Waals surface area contributed by atoms with Gasteiger partial charge in [0.1, 0.15) is 31.3 Å². The molecule has 0 unspecified atom stereocenters. The maximum absolute atomic E-state index is 10.5. The Morgan fingerprint density at radius 2 is 1.79 bits per heavy atom. The first-order chi connectivity index (χ1) is 11.4. The number of benzene rings is 1. The summed E-state index contributed by atoms with van der Waals surface area (Å²) < 4.78 is 2.12.